The number of nitrogens with zero attached hydrogens (tertiary/aromatic N) is 1. The number of hydrogen-bond donors (Lipinski definition) is 1. The molecule has 0 saturated carbocycles. The molecule has 0 bridgehead atoms. The largest absolute Gasteiger partial charge is 0.315 e. The average molecular weight is 228 g/mol. The Morgan fingerprint density at radius 2 is 1.88 bits per heavy atom. The van der Waals surface area contributed by atoms with Gasteiger partial charge in [0.05, 0.1) is 0 Å². The summed E-state index contributed by atoms with van der Waals surface area (Å²) >= 11 is 0. The minimum absolute atomic E-state index is 0.795. The Morgan fingerprint density at radius 3 is 2.31 bits per heavy atom. The topological polar surface area (TPSA) is 15.3 Å². The summed E-state index contributed by atoms with van der Waals surface area (Å²) in [6.45, 7) is 12.4. The number of rotatable bonds is 4. The van der Waals surface area contributed by atoms with E-state index in [0.29, 0.717) is 0 Å². The van der Waals surface area contributed by atoms with E-state index in [1.165, 1.54) is 38.8 Å². The van der Waals surface area contributed by atoms with Gasteiger partial charge in [-0.25, -0.2) is 0 Å². The van der Waals surface area contributed by atoms with Crippen LogP contribution in [0.5, 0.6) is 0 Å². The SMILES string of the molecule is CCC(C)C.CCNCC1CCCCN1C. The monoisotopic (exact) mass is 228 g/mol. The van der Waals surface area contributed by atoms with E-state index in [1.807, 2.05) is 0 Å². The van der Waals surface area contributed by atoms with Crippen molar-refractivity contribution >= 4 is 0 Å². The van der Waals surface area contributed by atoms with Crippen LogP contribution in [0.25, 0.3) is 0 Å². The van der Waals surface area contributed by atoms with Crippen LogP contribution in [0.1, 0.15) is 53.4 Å². The lowest BCUT2D eigenvalue weighted by atomic mass is 10.0. The molecule has 1 unspecified atom stereocenters. The number of nitrogens with one attached hydrogen (secondary N) is 1. The Morgan fingerprint density at radius 1 is 1.25 bits per heavy atom. The Labute approximate surface area is 103 Å². The van der Waals surface area contributed by atoms with Crippen LogP contribution in [0.15, 0.2) is 0 Å². The lowest BCUT2D eigenvalue weighted by Gasteiger charge is -2.32. The van der Waals surface area contributed by atoms with E-state index < -0.39 is 0 Å². The maximum absolute atomic E-state index is 3.41. The minimum Gasteiger partial charge on any atom is -0.315 e. The summed E-state index contributed by atoms with van der Waals surface area (Å²) in [6, 6.07) is 0.795. The third-order valence-corrected chi connectivity index (χ3v) is 3.37. The third-order valence-electron chi connectivity index (χ3n) is 3.37. The molecule has 0 aromatic heterocycles. The van der Waals surface area contributed by atoms with Crippen molar-refractivity contribution in [3.63, 3.8) is 0 Å². The van der Waals surface area contributed by atoms with Crippen LogP contribution >= 0.6 is 0 Å². The Balaban J connectivity index is 0.000000385. The van der Waals surface area contributed by atoms with E-state index in [0.717, 1.165) is 18.5 Å². The van der Waals surface area contributed by atoms with Crippen molar-refractivity contribution in [2.75, 3.05) is 26.7 Å². The van der Waals surface area contributed by atoms with Crippen LogP contribution in [0, 0.1) is 5.92 Å². The smallest absolute Gasteiger partial charge is 0.0217 e. The van der Waals surface area contributed by atoms with Crippen LogP contribution in [-0.2, 0) is 0 Å². The van der Waals surface area contributed by atoms with Crippen molar-refractivity contribution in [3.05, 3.63) is 0 Å². The van der Waals surface area contributed by atoms with Gasteiger partial charge in [-0.05, 0) is 38.9 Å². The van der Waals surface area contributed by atoms with Crippen molar-refractivity contribution in [1.29, 1.82) is 0 Å². The molecule has 1 heterocycles. The number of likely N-dealkylation sites (tertiary alicyclic amines) is 1. The number of piperidine rings is 1. The molecule has 1 saturated heterocycles. The molecule has 0 aromatic rings. The lowest BCUT2D eigenvalue weighted by molar-refractivity contribution is 0.182. The van der Waals surface area contributed by atoms with Crippen LogP contribution in [0.2, 0.25) is 0 Å². The second-order valence-electron chi connectivity index (χ2n) is 5.24. The molecule has 1 rings (SSSR count). The molecular formula is C14H32N2. The predicted molar refractivity (Wildman–Crippen MR) is 73.9 cm³/mol. The molecule has 0 radical (unpaired) electrons. The summed E-state index contributed by atoms with van der Waals surface area (Å²) in [6.07, 6.45) is 5.49. The second kappa shape index (κ2) is 10.1. The van der Waals surface area contributed by atoms with Crippen LogP contribution in [0.4, 0.5) is 0 Å². The minimum atomic E-state index is 0.795. The molecule has 0 amide bonds. The predicted octanol–water partition coefficient (Wildman–Crippen LogP) is 3.13. The Hall–Kier alpha value is -0.0800. The van der Waals surface area contributed by atoms with Crippen LogP contribution in [-0.4, -0.2) is 37.6 Å². The molecule has 16 heavy (non-hydrogen) atoms. The standard InChI is InChI=1S/C9H20N2.C5H12/c1-3-10-8-9-6-4-5-7-11(9)2;1-4-5(2)3/h9-10H,3-8H2,1-2H3;5H,4H2,1-3H3. The van der Waals surface area contributed by atoms with Gasteiger partial charge in [0.15, 0.2) is 0 Å². The van der Waals surface area contributed by atoms with Gasteiger partial charge in [-0.15, -0.1) is 0 Å². The summed E-state index contributed by atoms with van der Waals surface area (Å²) in [5.41, 5.74) is 0. The molecule has 1 aliphatic rings. The highest BCUT2D eigenvalue weighted by Crippen LogP contribution is 2.13. The summed E-state index contributed by atoms with van der Waals surface area (Å²) in [5.74, 6) is 0.884. The quantitative estimate of drug-likeness (QED) is 0.795. The van der Waals surface area contributed by atoms with Crippen molar-refractivity contribution in [1.82, 2.24) is 10.2 Å². The first-order valence-electron chi connectivity index (χ1n) is 7.02. The summed E-state index contributed by atoms with van der Waals surface area (Å²) in [5, 5.41) is 3.41. The van der Waals surface area contributed by atoms with E-state index >= 15 is 0 Å². The average Bonchev–Trinajstić information content (AvgIpc) is 2.29. The van der Waals surface area contributed by atoms with Gasteiger partial charge >= 0.3 is 0 Å². The second-order valence-corrected chi connectivity index (χ2v) is 5.24. The van der Waals surface area contributed by atoms with Crippen LogP contribution in [0.3, 0.4) is 0 Å². The Bertz CT molecular complexity index is 146. The highest BCUT2D eigenvalue weighted by atomic mass is 15.1. The molecule has 1 aliphatic heterocycles. The van der Waals surface area contributed by atoms with Gasteiger partial charge in [0, 0.05) is 12.6 Å². The maximum Gasteiger partial charge on any atom is 0.0217 e. The maximum atomic E-state index is 3.41. The molecule has 0 aromatic carbocycles. The normalized spacial score (nSPS) is 21.8. The fraction of sp³-hybridized carbons (Fsp3) is 1.00. The van der Waals surface area contributed by atoms with Gasteiger partial charge in [0.2, 0.25) is 0 Å². The molecule has 1 fully saturated rings. The van der Waals surface area contributed by atoms with Crippen molar-refractivity contribution in [2.24, 2.45) is 5.92 Å². The van der Waals surface area contributed by atoms with E-state index in [2.05, 4.69) is 45.0 Å². The Kier molecular flexibility index (Phi) is 10.0. The number of likely N-dealkylation sites (N-methyl/N-ethyl adjacent to an activating group) is 2. The molecule has 0 aliphatic carbocycles. The third kappa shape index (κ3) is 8.12. The van der Waals surface area contributed by atoms with Gasteiger partial charge in [-0.1, -0.05) is 40.5 Å². The molecule has 98 valence electrons. The van der Waals surface area contributed by atoms with Gasteiger partial charge in [0.1, 0.15) is 0 Å². The highest BCUT2D eigenvalue weighted by Gasteiger charge is 2.17. The zero-order chi connectivity index (χ0) is 12.4. The zero-order valence-electron chi connectivity index (χ0n) is 12.1. The van der Waals surface area contributed by atoms with Gasteiger partial charge in [0.25, 0.3) is 0 Å². The fourth-order valence-corrected chi connectivity index (χ4v) is 1.71. The molecule has 1 atom stereocenters. The molecule has 2 heteroatoms. The highest BCUT2D eigenvalue weighted by molar-refractivity contribution is 4.75. The first-order chi connectivity index (χ1) is 7.61. The van der Waals surface area contributed by atoms with Crippen LogP contribution < -0.4 is 5.32 Å². The van der Waals surface area contributed by atoms with E-state index in [1.54, 1.807) is 0 Å². The van der Waals surface area contributed by atoms with Crippen molar-refractivity contribution < 1.29 is 0 Å². The van der Waals surface area contributed by atoms with E-state index in [4.69, 9.17) is 0 Å². The van der Waals surface area contributed by atoms with Crippen molar-refractivity contribution in [3.8, 4) is 0 Å². The number of hydrogen-bond acceptors (Lipinski definition) is 2. The van der Waals surface area contributed by atoms with E-state index in [-0.39, 0.29) is 0 Å². The van der Waals surface area contributed by atoms with Gasteiger partial charge in [-0.2, -0.15) is 0 Å². The van der Waals surface area contributed by atoms with Gasteiger partial charge in [-0.3, -0.25) is 0 Å². The van der Waals surface area contributed by atoms with Gasteiger partial charge < -0.3 is 10.2 Å². The molecular weight excluding hydrogens is 196 g/mol. The summed E-state index contributed by atoms with van der Waals surface area (Å²) in [4.78, 5) is 2.48. The summed E-state index contributed by atoms with van der Waals surface area (Å²) in [7, 11) is 2.24. The van der Waals surface area contributed by atoms with Crippen molar-refractivity contribution in [2.45, 2.75) is 59.4 Å². The first-order valence-corrected chi connectivity index (χ1v) is 7.02. The first kappa shape index (κ1) is 15.9. The summed E-state index contributed by atoms with van der Waals surface area (Å²) < 4.78 is 0. The fourth-order valence-electron chi connectivity index (χ4n) is 1.71. The molecule has 2 nitrogen and oxygen atoms in total. The molecule has 1 N–H and O–H groups in total. The molecule has 0 spiro atoms. The van der Waals surface area contributed by atoms with E-state index in [9.17, 15) is 0 Å². The lowest BCUT2D eigenvalue weighted by Crippen LogP contribution is -2.42. The zero-order valence-corrected chi connectivity index (χ0v) is 12.1.